The van der Waals surface area contributed by atoms with Crippen molar-refractivity contribution >= 4 is 6.29 Å². The van der Waals surface area contributed by atoms with Gasteiger partial charge in [0.25, 0.3) is 0 Å². The highest BCUT2D eigenvalue weighted by molar-refractivity contribution is 5.86. The summed E-state index contributed by atoms with van der Waals surface area (Å²) in [4.78, 5) is 11.2. The minimum absolute atomic E-state index is 0.156. The molecule has 25 heavy (non-hydrogen) atoms. The fourth-order valence-corrected chi connectivity index (χ4v) is 3.83. The predicted octanol–water partition coefficient (Wildman–Crippen LogP) is 5.96. The fourth-order valence-electron chi connectivity index (χ4n) is 3.83. The Morgan fingerprint density at radius 3 is 2.16 bits per heavy atom. The maximum absolute atomic E-state index is 11.2. The molecule has 0 N–H and O–H groups in total. The number of carbonyl (C=O) groups excluding carboxylic acids is 1. The Morgan fingerprint density at radius 2 is 1.48 bits per heavy atom. The van der Waals surface area contributed by atoms with Gasteiger partial charge in [-0.1, -0.05) is 81.4 Å². The monoisotopic (exact) mass is 326 g/mol. The molecule has 1 nitrogen and oxygen atoms in total. The summed E-state index contributed by atoms with van der Waals surface area (Å²) in [7, 11) is 0. The van der Waals surface area contributed by atoms with Gasteiger partial charge in [0, 0.05) is 11.5 Å². The van der Waals surface area contributed by atoms with Crippen molar-refractivity contribution in [2.45, 2.75) is 32.1 Å². The molecule has 3 aromatic carbocycles. The SMILES string of the molecule is CC(C)(C)c1ccc(C2c3ccccc3-c3cc(C=O)ccc32)cc1. The fraction of sp³-hybridized carbons (Fsp3) is 0.208. The van der Waals surface area contributed by atoms with Crippen LogP contribution in [-0.4, -0.2) is 6.29 Å². The van der Waals surface area contributed by atoms with Gasteiger partial charge in [-0.05, 0) is 44.9 Å². The van der Waals surface area contributed by atoms with E-state index in [1.54, 1.807) is 0 Å². The van der Waals surface area contributed by atoms with Crippen LogP contribution in [0.1, 0.15) is 59.3 Å². The van der Waals surface area contributed by atoms with E-state index in [0.29, 0.717) is 0 Å². The van der Waals surface area contributed by atoms with E-state index < -0.39 is 0 Å². The van der Waals surface area contributed by atoms with Crippen LogP contribution in [0.4, 0.5) is 0 Å². The molecule has 124 valence electrons. The summed E-state index contributed by atoms with van der Waals surface area (Å²) in [5.74, 6) is 0.237. The number of hydrogen-bond donors (Lipinski definition) is 0. The van der Waals surface area contributed by atoms with Crippen LogP contribution in [0.25, 0.3) is 11.1 Å². The average Bonchev–Trinajstić information content (AvgIpc) is 2.94. The normalized spacial score (nSPS) is 15.6. The molecule has 0 radical (unpaired) electrons. The molecule has 1 aliphatic rings. The molecule has 0 saturated heterocycles. The molecule has 0 aliphatic heterocycles. The average molecular weight is 326 g/mol. The number of hydrogen-bond acceptors (Lipinski definition) is 1. The molecule has 1 unspecified atom stereocenters. The molecule has 0 amide bonds. The lowest BCUT2D eigenvalue weighted by molar-refractivity contribution is 0.112. The molecule has 4 rings (SSSR count). The summed E-state index contributed by atoms with van der Waals surface area (Å²) < 4.78 is 0. The quantitative estimate of drug-likeness (QED) is 0.416. The van der Waals surface area contributed by atoms with Gasteiger partial charge in [-0.25, -0.2) is 0 Å². The van der Waals surface area contributed by atoms with Gasteiger partial charge in [-0.15, -0.1) is 0 Å². The minimum atomic E-state index is 0.156. The van der Waals surface area contributed by atoms with Gasteiger partial charge in [-0.3, -0.25) is 4.79 Å². The predicted molar refractivity (Wildman–Crippen MR) is 103 cm³/mol. The first kappa shape index (κ1) is 15.8. The first-order valence-corrected chi connectivity index (χ1v) is 8.78. The van der Waals surface area contributed by atoms with Crippen LogP contribution in [-0.2, 0) is 5.41 Å². The Bertz CT molecular complexity index is 943. The third-order valence-corrected chi connectivity index (χ3v) is 5.20. The maximum Gasteiger partial charge on any atom is 0.150 e. The lowest BCUT2D eigenvalue weighted by Crippen LogP contribution is -2.11. The summed E-state index contributed by atoms with van der Waals surface area (Å²) in [6.07, 6.45) is 0.925. The molecular weight excluding hydrogens is 304 g/mol. The van der Waals surface area contributed by atoms with E-state index in [4.69, 9.17) is 0 Å². The van der Waals surface area contributed by atoms with Crippen LogP contribution in [0.15, 0.2) is 66.7 Å². The van der Waals surface area contributed by atoms with E-state index in [9.17, 15) is 4.79 Å². The van der Waals surface area contributed by atoms with E-state index in [1.165, 1.54) is 33.4 Å². The second-order valence-corrected chi connectivity index (χ2v) is 7.86. The zero-order valence-corrected chi connectivity index (χ0v) is 14.9. The van der Waals surface area contributed by atoms with Crippen LogP contribution in [0.2, 0.25) is 0 Å². The zero-order chi connectivity index (χ0) is 17.6. The number of benzene rings is 3. The van der Waals surface area contributed by atoms with E-state index in [2.05, 4.69) is 75.4 Å². The summed E-state index contributed by atoms with van der Waals surface area (Å²) in [5, 5.41) is 0. The molecular formula is C24H22O. The standard InChI is InChI=1S/C24H22O/c1-24(2,3)18-11-9-17(10-12-18)23-20-7-5-4-6-19(20)22-14-16(15-25)8-13-21(22)23/h4-15,23H,1-3H3. The van der Waals surface area contributed by atoms with Crippen molar-refractivity contribution in [1.29, 1.82) is 0 Å². The molecule has 0 aromatic heterocycles. The molecule has 0 fully saturated rings. The first-order valence-electron chi connectivity index (χ1n) is 8.78. The van der Waals surface area contributed by atoms with Gasteiger partial charge in [0.05, 0.1) is 0 Å². The van der Waals surface area contributed by atoms with Crippen LogP contribution in [0, 0.1) is 0 Å². The van der Waals surface area contributed by atoms with Crippen molar-refractivity contribution in [3.8, 4) is 11.1 Å². The van der Waals surface area contributed by atoms with E-state index in [-0.39, 0.29) is 11.3 Å². The van der Waals surface area contributed by atoms with Crippen LogP contribution >= 0.6 is 0 Å². The Morgan fingerprint density at radius 1 is 0.800 bits per heavy atom. The van der Waals surface area contributed by atoms with Crippen molar-refractivity contribution in [2.24, 2.45) is 0 Å². The van der Waals surface area contributed by atoms with Crippen molar-refractivity contribution in [2.75, 3.05) is 0 Å². The summed E-state index contributed by atoms with van der Waals surface area (Å²) >= 11 is 0. The van der Waals surface area contributed by atoms with Crippen LogP contribution in [0.3, 0.4) is 0 Å². The van der Waals surface area contributed by atoms with Gasteiger partial charge in [0.15, 0.2) is 0 Å². The summed E-state index contributed by atoms with van der Waals surface area (Å²) in [6.45, 7) is 6.72. The van der Waals surface area contributed by atoms with Gasteiger partial charge in [-0.2, -0.15) is 0 Å². The lowest BCUT2D eigenvalue weighted by atomic mass is 9.84. The molecule has 1 aliphatic carbocycles. The Labute approximate surface area is 149 Å². The Kier molecular flexibility index (Phi) is 3.61. The third kappa shape index (κ3) is 2.60. The second kappa shape index (κ2) is 5.70. The third-order valence-electron chi connectivity index (χ3n) is 5.20. The lowest BCUT2D eigenvalue weighted by Gasteiger charge is -2.21. The highest BCUT2D eigenvalue weighted by Gasteiger charge is 2.29. The largest absolute Gasteiger partial charge is 0.298 e. The molecule has 0 bridgehead atoms. The van der Waals surface area contributed by atoms with Crippen molar-refractivity contribution in [1.82, 2.24) is 0 Å². The zero-order valence-electron chi connectivity index (χ0n) is 14.9. The first-order chi connectivity index (χ1) is 12.0. The van der Waals surface area contributed by atoms with Crippen molar-refractivity contribution < 1.29 is 4.79 Å². The van der Waals surface area contributed by atoms with Gasteiger partial charge in [0.1, 0.15) is 6.29 Å². The number of carbonyl (C=O) groups is 1. The second-order valence-electron chi connectivity index (χ2n) is 7.86. The summed E-state index contributed by atoms with van der Waals surface area (Å²) in [5.41, 5.74) is 8.58. The van der Waals surface area contributed by atoms with Gasteiger partial charge >= 0.3 is 0 Å². The smallest absolute Gasteiger partial charge is 0.150 e. The van der Waals surface area contributed by atoms with E-state index in [0.717, 1.165) is 11.8 Å². The van der Waals surface area contributed by atoms with Gasteiger partial charge < -0.3 is 0 Å². The maximum atomic E-state index is 11.2. The number of aldehydes is 1. The Balaban J connectivity index is 1.87. The van der Waals surface area contributed by atoms with Gasteiger partial charge in [0.2, 0.25) is 0 Å². The molecule has 1 heteroatoms. The van der Waals surface area contributed by atoms with E-state index in [1.807, 2.05) is 12.1 Å². The molecule has 0 spiro atoms. The van der Waals surface area contributed by atoms with Crippen LogP contribution in [0.5, 0.6) is 0 Å². The highest BCUT2D eigenvalue weighted by Crippen LogP contribution is 2.48. The number of fused-ring (bicyclic) bond motifs is 3. The number of rotatable bonds is 2. The Hall–Kier alpha value is -2.67. The summed E-state index contributed by atoms with van der Waals surface area (Å²) in [6, 6.07) is 23.6. The van der Waals surface area contributed by atoms with Crippen molar-refractivity contribution in [3.63, 3.8) is 0 Å². The molecule has 0 heterocycles. The van der Waals surface area contributed by atoms with E-state index >= 15 is 0 Å². The van der Waals surface area contributed by atoms with Crippen molar-refractivity contribution in [3.05, 3.63) is 94.5 Å². The molecule has 3 aromatic rings. The van der Waals surface area contributed by atoms with Crippen LogP contribution < -0.4 is 0 Å². The molecule has 1 atom stereocenters. The molecule has 0 saturated carbocycles. The minimum Gasteiger partial charge on any atom is -0.298 e. The topological polar surface area (TPSA) is 17.1 Å². The highest BCUT2D eigenvalue weighted by atomic mass is 16.1.